The van der Waals surface area contributed by atoms with Gasteiger partial charge in [-0.05, 0) is 24.3 Å². The van der Waals surface area contributed by atoms with E-state index in [0.29, 0.717) is 11.3 Å². The number of benzene rings is 1. The van der Waals surface area contributed by atoms with Gasteiger partial charge in [-0.25, -0.2) is 4.79 Å². The highest BCUT2D eigenvalue weighted by atomic mass is 16.5. The van der Waals surface area contributed by atoms with Gasteiger partial charge in [0.2, 0.25) is 5.91 Å². The number of hydrogen-bond donors (Lipinski definition) is 4. The third-order valence-corrected chi connectivity index (χ3v) is 2.47. The number of primary amides is 1. The van der Waals surface area contributed by atoms with Crippen molar-refractivity contribution in [1.29, 1.82) is 5.26 Å². The molecule has 0 aliphatic rings. The number of rotatable bonds is 7. The van der Waals surface area contributed by atoms with E-state index in [9.17, 15) is 14.4 Å². The third-order valence-electron chi connectivity index (χ3n) is 2.47. The number of nitrogens with zero attached hydrogens (tertiary/aromatic N) is 1. The molecule has 1 unspecified atom stereocenters. The van der Waals surface area contributed by atoms with Crippen molar-refractivity contribution < 1.29 is 24.2 Å². The summed E-state index contributed by atoms with van der Waals surface area (Å²) in [5.41, 5.74) is 5.42. The van der Waals surface area contributed by atoms with Crippen LogP contribution in [-0.2, 0) is 9.59 Å². The SMILES string of the molecule is N#Cc1ccc(OCCNC(=O)C(NC(=O)O)C(N)=O)cc1. The van der Waals surface area contributed by atoms with Crippen molar-refractivity contribution in [1.82, 2.24) is 10.6 Å². The summed E-state index contributed by atoms with van der Waals surface area (Å²) in [7, 11) is 0. The lowest BCUT2D eigenvalue weighted by molar-refractivity contribution is -0.130. The Kier molecular flexibility index (Phi) is 6.18. The Bertz CT molecular complexity index is 593. The van der Waals surface area contributed by atoms with Crippen LogP contribution in [0.3, 0.4) is 0 Å². The second kappa shape index (κ2) is 8.11. The van der Waals surface area contributed by atoms with E-state index in [1.165, 1.54) is 0 Å². The van der Waals surface area contributed by atoms with Gasteiger partial charge in [-0.2, -0.15) is 5.26 Å². The first kappa shape index (κ1) is 16.8. The maximum absolute atomic E-state index is 11.6. The van der Waals surface area contributed by atoms with Crippen LogP contribution >= 0.6 is 0 Å². The van der Waals surface area contributed by atoms with Crippen LogP contribution < -0.4 is 21.1 Å². The predicted octanol–water partition coefficient (Wildman–Crippen LogP) is -0.825. The van der Waals surface area contributed by atoms with Crippen molar-refractivity contribution in [3.8, 4) is 11.8 Å². The summed E-state index contributed by atoms with van der Waals surface area (Å²) in [4.78, 5) is 33.0. The fourth-order valence-electron chi connectivity index (χ4n) is 1.46. The van der Waals surface area contributed by atoms with E-state index in [1.807, 2.05) is 6.07 Å². The summed E-state index contributed by atoms with van der Waals surface area (Å²) >= 11 is 0. The zero-order valence-corrected chi connectivity index (χ0v) is 11.4. The van der Waals surface area contributed by atoms with Gasteiger partial charge in [0.05, 0.1) is 18.2 Å². The van der Waals surface area contributed by atoms with Crippen molar-refractivity contribution >= 4 is 17.9 Å². The largest absolute Gasteiger partial charge is 0.492 e. The summed E-state index contributed by atoms with van der Waals surface area (Å²) in [6.07, 6.45) is -1.53. The van der Waals surface area contributed by atoms with Crippen LogP contribution in [0.5, 0.6) is 5.75 Å². The molecule has 9 heteroatoms. The normalized spacial score (nSPS) is 10.9. The van der Waals surface area contributed by atoms with Crippen LogP contribution in [0.25, 0.3) is 0 Å². The molecular weight excluding hydrogens is 292 g/mol. The van der Waals surface area contributed by atoms with Crippen molar-refractivity contribution in [2.24, 2.45) is 5.73 Å². The third kappa shape index (κ3) is 5.38. The van der Waals surface area contributed by atoms with Crippen LogP contribution in [0.15, 0.2) is 24.3 Å². The van der Waals surface area contributed by atoms with Crippen molar-refractivity contribution in [2.75, 3.05) is 13.2 Å². The maximum Gasteiger partial charge on any atom is 0.405 e. The molecule has 1 aromatic rings. The molecule has 0 aromatic heterocycles. The number of nitrogens with one attached hydrogen (secondary N) is 2. The first-order chi connectivity index (χ1) is 10.4. The van der Waals surface area contributed by atoms with Gasteiger partial charge in [0.15, 0.2) is 6.04 Å². The van der Waals surface area contributed by atoms with E-state index in [0.717, 1.165) is 0 Å². The Balaban J connectivity index is 2.39. The molecule has 0 bridgehead atoms. The van der Waals surface area contributed by atoms with Gasteiger partial charge < -0.3 is 26.2 Å². The highest BCUT2D eigenvalue weighted by Gasteiger charge is 2.25. The molecule has 0 saturated carbocycles. The average molecular weight is 306 g/mol. The van der Waals surface area contributed by atoms with Crippen LogP contribution in [-0.4, -0.2) is 42.2 Å². The van der Waals surface area contributed by atoms with Gasteiger partial charge >= 0.3 is 6.09 Å². The molecule has 1 rings (SSSR count). The van der Waals surface area contributed by atoms with Gasteiger partial charge in [0, 0.05) is 0 Å². The standard InChI is InChI=1S/C13H14N4O5/c14-7-8-1-3-9(4-2-8)22-6-5-16-12(19)10(11(15)18)17-13(20)21/h1-4,10,17H,5-6H2,(H2,15,18)(H,16,19)(H,20,21). The van der Waals surface area contributed by atoms with E-state index in [2.05, 4.69) is 5.32 Å². The summed E-state index contributed by atoms with van der Waals surface area (Å²) < 4.78 is 5.30. The Labute approximate surface area is 125 Å². The molecule has 0 heterocycles. The molecule has 0 spiro atoms. The second-order valence-corrected chi connectivity index (χ2v) is 4.06. The second-order valence-electron chi connectivity index (χ2n) is 4.06. The van der Waals surface area contributed by atoms with E-state index in [4.69, 9.17) is 20.8 Å². The van der Waals surface area contributed by atoms with Crippen LogP contribution in [0.4, 0.5) is 4.79 Å². The molecule has 1 aromatic carbocycles. The van der Waals surface area contributed by atoms with Gasteiger partial charge in [0.25, 0.3) is 5.91 Å². The predicted molar refractivity (Wildman–Crippen MR) is 73.8 cm³/mol. The number of carbonyl (C=O) groups is 3. The van der Waals surface area contributed by atoms with E-state index in [1.54, 1.807) is 29.6 Å². The van der Waals surface area contributed by atoms with Crippen molar-refractivity contribution in [3.63, 3.8) is 0 Å². The van der Waals surface area contributed by atoms with Crippen molar-refractivity contribution in [2.45, 2.75) is 6.04 Å². The summed E-state index contributed by atoms with van der Waals surface area (Å²) in [6.45, 7) is 0.139. The number of hydrogen-bond acceptors (Lipinski definition) is 5. The molecule has 9 nitrogen and oxygen atoms in total. The molecule has 0 saturated heterocycles. The Morgan fingerprint density at radius 3 is 2.45 bits per heavy atom. The molecule has 3 amide bonds. The maximum atomic E-state index is 11.6. The molecular formula is C13H14N4O5. The lowest BCUT2D eigenvalue weighted by Crippen LogP contribution is -2.54. The molecule has 1 atom stereocenters. The molecule has 22 heavy (non-hydrogen) atoms. The minimum Gasteiger partial charge on any atom is -0.492 e. The zero-order valence-electron chi connectivity index (χ0n) is 11.4. The van der Waals surface area contributed by atoms with Gasteiger partial charge in [-0.3, -0.25) is 9.59 Å². The first-order valence-corrected chi connectivity index (χ1v) is 6.13. The molecule has 0 aliphatic carbocycles. The smallest absolute Gasteiger partial charge is 0.405 e. The first-order valence-electron chi connectivity index (χ1n) is 6.13. The quantitative estimate of drug-likeness (QED) is 0.381. The van der Waals surface area contributed by atoms with E-state index in [-0.39, 0.29) is 13.2 Å². The number of nitrogens with two attached hydrogens (primary N) is 1. The monoisotopic (exact) mass is 306 g/mol. The average Bonchev–Trinajstić information content (AvgIpc) is 2.49. The topological polar surface area (TPSA) is 155 Å². The van der Waals surface area contributed by atoms with E-state index >= 15 is 0 Å². The number of amides is 3. The van der Waals surface area contributed by atoms with Crippen molar-refractivity contribution in [3.05, 3.63) is 29.8 Å². The summed E-state index contributed by atoms with van der Waals surface area (Å²) in [6, 6.07) is 6.65. The molecule has 0 radical (unpaired) electrons. The highest BCUT2D eigenvalue weighted by molar-refractivity contribution is 6.05. The minimum atomic E-state index is -1.66. The van der Waals surface area contributed by atoms with E-state index < -0.39 is 23.9 Å². The molecule has 116 valence electrons. The van der Waals surface area contributed by atoms with Gasteiger partial charge in [-0.15, -0.1) is 0 Å². The molecule has 5 N–H and O–H groups in total. The lowest BCUT2D eigenvalue weighted by Gasteiger charge is -2.13. The minimum absolute atomic E-state index is 0.0455. The fourth-order valence-corrected chi connectivity index (χ4v) is 1.46. The Morgan fingerprint density at radius 1 is 1.32 bits per heavy atom. The molecule has 0 aliphatic heterocycles. The molecule has 0 fully saturated rings. The number of carboxylic acid groups (broad SMARTS) is 1. The summed E-state index contributed by atoms with van der Waals surface area (Å²) in [5, 5.41) is 21.2. The Morgan fingerprint density at radius 2 is 1.95 bits per heavy atom. The van der Waals surface area contributed by atoms with Crippen LogP contribution in [0, 0.1) is 11.3 Å². The van der Waals surface area contributed by atoms with Crippen LogP contribution in [0.2, 0.25) is 0 Å². The zero-order chi connectivity index (χ0) is 16.5. The van der Waals surface area contributed by atoms with Gasteiger partial charge in [0.1, 0.15) is 12.4 Å². The Hall–Kier alpha value is -3.28. The number of carbonyl (C=O) groups excluding carboxylic acids is 2. The highest BCUT2D eigenvalue weighted by Crippen LogP contribution is 2.10. The lowest BCUT2D eigenvalue weighted by atomic mass is 10.2. The number of ether oxygens (including phenoxy) is 1. The summed E-state index contributed by atoms with van der Waals surface area (Å²) in [5.74, 6) is -1.46. The van der Waals surface area contributed by atoms with Crippen LogP contribution in [0.1, 0.15) is 5.56 Å². The van der Waals surface area contributed by atoms with Gasteiger partial charge in [-0.1, -0.05) is 0 Å². The fraction of sp³-hybridized carbons (Fsp3) is 0.231. The number of nitriles is 1.